The highest BCUT2D eigenvalue weighted by Gasteiger charge is 2.45. The summed E-state index contributed by atoms with van der Waals surface area (Å²) in [5.74, 6) is -2.47. The van der Waals surface area contributed by atoms with Gasteiger partial charge in [0.1, 0.15) is 11.9 Å². The summed E-state index contributed by atoms with van der Waals surface area (Å²) < 4.78 is 10.3. The van der Waals surface area contributed by atoms with E-state index in [0.717, 1.165) is 31.0 Å². The van der Waals surface area contributed by atoms with E-state index in [4.69, 9.17) is 9.47 Å². The van der Waals surface area contributed by atoms with Crippen LogP contribution in [0.15, 0.2) is 34.4 Å². The SMILES string of the molecule is C=C1SC=C(C=C(C)[C@@H]2C[C@@H]3O[C@@H]3CCC[C@H](C)[C@H](O)[C@@H](C)C(=O)C(C)(C)[C@@H](O)CC(=O)O2)[N+]1([O-])C(C)=O. The van der Waals surface area contributed by atoms with Gasteiger partial charge in [-0.25, -0.2) is 9.44 Å². The van der Waals surface area contributed by atoms with Gasteiger partial charge in [-0.05, 0) is 49.6 Å². The smallest absolute Gasteiger partial charge is 0.321 e. The minimum atomic E-state index is -1.32. The third-order valence-corrected chi connectivity index (χ3v) is 9.14. The molecule has 1 amide bonds. The number of carbonyl (C=O) groups is 3. The first-order valence-electron chi connectivity index (χ1n) is 13.2. The standard InChI is InChI=1S/C28H41NO8S/c1-15-9-8-10-21-23(36-21)12-22(16(2)11-20-14-38-19(5)29(20,35)18(4)30)37-25(32)13-24(31)28(6,7)27(34)17(3)26(15)33/h11,14-15,17,21-24,26,31,33H,5,8-10,12-13H2,1-4,6-7H3/t15-,17+,21+,22-,23-,24-,26-,29?/m0/s1. The third kappa shape index (κ3) is 6.32. The van der Waals surface area contributed by atoms with Gasteiger partial charge in [-0.15, -0.1) is 0 Å². The highest BCUT2D eigenvalue weighted by molar-refractivity contribution is 8.05. The van der Waals surface area contributed by atoms with E-state index in [1.54, 1.807) is 39.2 Å². The topological polar surface area (TPSA) is 136 Å². The van der Waals surface area contributed by atoms with Crippen molar-refractivity contribution < 1.29 is 38.7 Å². The van der Waals surface area contributed by atoms with E-state index in [-0.39, 0.29) is 34.6 Å². The predicted octanol–water partition coefficient (Wildman–Crippen LogP) is 4.09. The number of epoxide rings is 1. The molecule has 2 saturated heterocycles. The molecule has 10 heteroatoms. The van der Waals surface area contributed by atoms with Crippen LogP contribution < -0.4 is 0 Å². The summed E-state index contributed by atoms with van der Waals surface area (Å²) in [4.78, 5) is 38.4. The van der Waals surface area contributed by atoms with Crippen molar-refractivity contribution in [2.75, 3.05) is 0 Å². The number of rotatable bonds is 2. The van der Waals surface area contributed by atoms with Gasteiger partial charge in [-0.2, -0.15) is 0 Å². The van der Waals surface area contributed by atoms with Gasteiger partial charge in [0.25, 0.3) is 0 Å². The number of amides is 1. The maximum absolute atomic E-state index is 13.2. The highest BCUT2D eigenvalue weighted by Crippen LogP contribution is 2.42. The first-order valence-corrected chi connectivity index (χ1v) is 14.1. The van der Waals surface area contributed by atoms with Crippen molar-refractivity contribution in [3.63, 3.8) is 0 Å². The molecule has 2 N–H and O–H groups in total. The molecule has 0 bridgehead atoms. The lowest BCUT2D eigenvalue weighted by Crippen LogP contribution is -2.45. The van der Waals surface area contributed by atoms with Crippen LogP contribution >= 0.6 is 11.8 Å². The number of Topliss-reactive ketones (excluding diaryl/α,β-unsaturated/α-hetero) is 1. The third-order valence-electron chi connectivity index (χ3n) is 8.25. The van der Waals surface area contributed by atoms with E-state index in [1.807, 2.05) is 6.92 Å². The Morgan fingerprint density at radius 2 is 1.87 bits per heavy atom. The number of hydrogen-bond acceptors (Lipinski definition) is 9. The number of thioether (sulfide) groups is 1. The van der Waals surface area contributed by atoms with E-state index in [1.165, 1.54) is 6.92 Å². The van der Waals surface area contributed by atoms with Gasteiger partial charge in [-0.3, -0.25) is 9.59 Å². The summed E-state index contributed by atoms with van der Waals surface area (Å²) in [6.07, 6.45) is 0.682. The summed E-state index contributed by atoms with van der Waals surface area (Å²) in [5, 5.41) is 36.6. The number of fused-ring (bicyclic) bond motifs is 1. The van der Waals surface area contributed by atoms with Crippen LogP contribution in [-0.4, -0.2) is 63.0 Å². The van der Waals surface area contributed by atoms with Crippen molar-refractivity contribution in [3.8, 4) is 0 Å². The number of carbonyl (C=O) groups excluding carboxylic acids is 3. The lowest BCUT2D eigenvalue weighted by molar-refractivity contribution is -0.706. The molecule has 0 aromatic carbocycles. The van der Waals surface area contributed by atoms with Gasteiger partial charge < -0.3 is 24.9 Å². The van der Waals surface area contributed by atoms with Crippen LogP contribution in [0.4, 0.5) is 0 Å². The fourth-order valence-electron chi connectivity index (χ4n) is 5.24. The van der Waals surface area contributed by atoms with Crippen LogP contribution in [0.1, 0.15) is 73.6 Å². The Kier molecular flexibility index (Phi) is 9.49. The van der Waals surface area contributed by atoms with Crippen molar-refractivity contribution in [1.82, 2.24) is 0 Å². The van der Waals surface area contributed by atoms with Crippen LogP contribution in [0.2, 0.25) is 0 Å². The molecule has 9 nitrogen and oxygen atoms in total. The summed E-state index contributed by atoms with van der Waals surface area (Å²) in [5.41, 5.74) is -0.533. The number of allylic oxidation sites excluding steroid dienone is 1. The zero-order chi connectivity index (χ0) is 28.6. The van der Waals surface area contributed by atoms with Crippen molar-refractivity contribution >= 4 is 29.4 Å². The van der Waals surface area contributed by atoms with Gasteiger partial charge in [0.05, 0.1) is 43.2 Å². The van der Waals surface area contributed by atoms with Crippen molar-refractivity contribution in [2.45, 2.75) is 104 Å². The van der Waals surface area contributed by atoms with E-state index < -0.39 is 52.6 Å². The van der Waals surface area contributed by atoms with Crippen molar-refractivity contribution in [3.05, 3.63) is 39.6 Å². The molecule has 3 aliphatic rings. The van der Waals surface area contributed by atoms with Gasteiger partial charge in [0.15, 0.2) is 10.7 Å². The van der Waals surface area contributed by atoms with E-state index in [2.05, 4.69) is 6.58 Å². The second kappa shape index (κ2) is 11.7. The van der Waals surface area contributed by atoms with Crippen LogP contribution in [0.25, 0.3) is 0 Å². The highest BCUT2D eigenvalue weighted by atomic mass is 32.2. The van der Waals surface area contributed by atoms with Gasteiger partial charge in [0.2, 0.25) is 0 Å². The molecule has 212 valence electrons. The minimum Gasteiger partial charge on any atom is -0.614 e. The molecule has 38 heavy (non-hydrogen) atoms. The Hall–Kier alpha value is -1.82. The number of aliphatic hydroxyl groups excluding tert-OH is 2. The van der Waals surface area contributed by atoms with Gasteiger partial charge >= 0.3 is 11.9 Å². The lowest BCUT2D eigenvalue weighted by Gasteiger charge is -2.35. The first kappa shape index (κ1) is 30.7. The predicted molar refractivity (Wildman–Crippen MR) is 144 cm³/mol. The number of ether oxygens (including phenoxy) is 2. The maximum atomic E-state index is 13.2. The first-order chi connectivity index (χ1) is 17.6. The van der Waals surface area contributed by atoms with Crippen LogP contribution in [0, 0.1) is 22.5 Å². The van der Waals surface area contributed by atoms with Crippen LogP contribution in [0.3, 0.4) is 0 Å². The average Bonchev–Trinajstić information content (AvgIpc) is 3.52. The number of nitrogens with zero attached hydrogens (tertiary/aromatic N) is 1. The monoisotopic (exact) mass is 551 g/mol. The molecule has 3 heterocycles. The Morgan fingerprint density at radius 1 is 1.21 bits per heavy atom. The molecule has 3 aliphatic heterocycles. The molecular weight excluding hydrogens is 510 g/mol. The number of cyclic esters (lactones) is 1. The Bertz CT molecular complexity index is 1040. The average molecular weight is 552 g/mol. The second-order valence-corrected chi connectivity index (χ2v) is 12.4. The summed E-state index contributed by atoms with van der Waals surface area (Å²) in [6, 6.07) is 0. The van der Waals surface area contributed by atoms with E-state index >= 15 is 0 Å². The number of esters is 1. The Labute approximate surface area is 229 Å². The fraction of sp³-hybridized carbons (Fsp3) is 0.679. The minimum absolute atomic E-state index is 0.0162. The molecule has 8 atom stereocenters. The van der Waals surface area contributed by atoms with E-state index in [9.17, 15) is 29.8 Å². The quantitative estimate of drug-likeness (QED) is 0.225. The molecule has 0 aromatic heterocycles. The second-order valence-electron chi connectivity index (χ2n) is 11.5. The summed E-state index contributed by atoms with van der Waals surface area (Å²) >= 11 is 1.09. The van der Waals surface area contributed by atoms with Crippen LogP contribution in [-0.2, 0) is 23.9 Å². The number of aliphatic hydroxyl groups is 2. The van der Waals surface area contributed by atoms with Gasteiger partial charge in [-0.1, -0.05) is 34.1 Å². The molecule has 0 aliphatic carbocycles. The molecule has 0 spiro atoms. The molecular formula is C28H41NO8S. The summed E-state index contributed by atoms with van der Waals surface area (Å²) in [6.45, 7) is 13.4. The van der Waals surface area contributed by atoms with E-state index in [0.29, 0.717) is 12.0 Å². The Morgan fingerprint density at radius 3 is 2.50 bits per heavy atom. The maximum Gasteiger partial charge on any atom is 0.321 e. The lowest BCUT2D eigenvalue weighted by atomic mass is 9.73. The zero-order valence-corrected chi connectivity index (χ0v) is 24.0. The van der Waals surface area contributed by atoms with Gasteiger partial charge in [0, 0.05) is 23.8 Å². The molecule has 1 unspecified atom stereocenters. The molecule has 2 fully saturated rings. The fourth-order valence-corrected chi connectivity index (χ4v) is 6.09. The number of ketones is 1. The van der Waals surface area contributed by atoms with Crippen molar-refractivity contribution in [2.24, 2.45) is 17.3 Å². The number of quaternary nitrogens is 1. The molecule has 0 saturated carbocycles. The number of hydroxylamine groups is 3. The normalized spacial score (nSPS) is 39.3. The molecule has 0 aromatic rings. The van der Waals surface area contributed by atoms with Crippen LogP contribution in [0.5, 0.6) is 0 Å². The Balaban J connectivity index is 1.86. The van der Waals surface area contributed by atoms with Crippen molar-refractivity contribution in [1.29, 1.82) is 0 Å². The largest absolute Gasteiger partial charge is 0.614 e. The summed E-state index contributed by atoms with van der Waals surface area (Å²) in [7, 11) is 0. The molecule has 3 rings (SSSR count). The molecule has 0 radical (unpaired) electrons. The number of hydrogen-bond donors (Lipinski definition) is 2. The zero-order valence-electron chi connectivity index (χ0n) is 23.1.